The maximum absolute atomic E-state index is 13.3. The Kier molecular flexibility index (Phi) is 3.59. The van der Waals surface area contributed by atoms with Gasteiger partial charge in [-0.05, 0) is 31.4 Å². The minimum absolute atomic E-state index is 0.0576. The number of carbonyl (C=O) groups excluding carboxylic acids is 1. The van der Waals surface area contributed by atoms with Gasteiger partial charge in [0.05, 0.1) is 4.92 Å². The zero-order chi connectivity index (χ0) is 15.0. The number of halogens is 1. The molecular weight excluding hydrogens is 277 g/mol. The lowest BCUT2D eigenvalue weighted by Crippen LogP contribution is -2.37. The molecule has 1 saturated carbocycles. The Hall–Kier alpha value is -2.02. The Morgan fingerprint density at radius 2 is 2.14 bits per heavy atom. The summed E-state index contributed by atoms with van der Waals surface area (Å²) >= 11 is 0. The van der Waals surface area contributed by atoms with Crippen molar-refractivity contribution in [3.63, 3.8) is 0 Å². The van der Waals surface area contributed by atoms with Gasteiger partial charge in [0, 0.05) is 36.8 Å². The van der Waals surface area contributed by atoms with Crippen LogP contribution in [0.4, 0.5) is 10.1 Å². The molecule has 1 aliphatic carbocycles. The summed E-state index contributed by atoms with van der Waals surface area (Å²) in [5, 5.41) is 13.6. The van der Waals surface area contributed by atoms with Gasteiger partial charge >= 0.3 is 5.69 Å². The number of nitro groups is 1. The van der Waals surface area contributed by atoms with Gasteiger partial charge in [0.15, 0.2) is 0 Å². The molecule has 1 saturated heterocycles. The first-order valence-corrected chi connectivity index (χ1v) is 7.03. The number of rotatable bonds is 4. The van der Waals surface area contributed by atoms with Gasteiger partial charge in [-0.15, -0.1) is 0 Å². The lowest BCUT2D eigenvalue weighted by atomic mass is 10.1. The number of hydrogen-bond acceptors (Lipinski definition) is 4. The topological polar surface area (TPSA) is 75.5 Å². The largest absolute Gasteiger partial charge is 0.348 e. The molecule has 1 amide bonds. The summed E-state index contributed by atoms with van der Waals surface area (Å²) in [5.74, 6) is -1.32. The summed E-state index contributed by atoms with van der Waals surface area (Å²) in [7, 11) is 0. The van der Waals surface area contributed by atoms with Crippen LogP contribution in [0.15, 0.2) is 18.2 Å². The third-order valence-electron chi connectivity index (χ3n) is 4.02. The SMILES string of the molecule is O=C(NC1CCN(C2CC2)C1)c1ccc(F)c([N+](=O)[O-])c1. The van der Waals surface area contributed by atoms with Crippen molar-refractivity contribution in [1.29, 1.82) is 0 Å². The number of carbonyl (C=O) groups is 1. The van der Waals surface area contributed by atoms with E-state index in [1.165, 1.54) is 18.9 Å². The van der Waals surface area contributed by atoms with E-state index in [0.29, 0.717) is 6.04 Å². The van der Waals surface area contributed by atoms with E-state index < -0.39 is 16.4 Å². The number of likely N-dealkylation sites (tertiary alicyclic amines) is 1. The Morgan fingerprint density at radius 3 is 2.81 bits per heavy atom. The summed E-state index contributed by atoms with van der Waals surface area (Å²) in [5.41, 5.74) is -0.554. The summed E-state index contributed by atoms with van der Waals surface area (Å²) in [4.78, 5) is 24.3. The van der Waals surface area contributed by atoms with Gasteiger partial charge in [0.25, 0.3) is 5.91 Å². The highest BCUT2D eigenvalue weighted by atomic mass is 19.1. The van der Waals surface area contributed by atoms with Crippen molar-refractivity contribution in [3.8, 4) is 0 Å². The second-order valence-corrected chi connectivity index (χ2v) is 5.61. The van der Waals surface area contributed by atoms with E-state index in [4.69, 9.17) is 0 Å². The molecule has 1 unspecified atom stereocenters. The minimum Gasteiger partial charge on any atom is -0.348 e. The quantitative estimate of drug-likeness (QED) is 0.677. The second-order valence-electron chi connectivity index (χ2n) is 5.61. The van der Waals surface area contributed by atoms with Crippen molar-refractivity contribution >= 4 is 11.6 Å². The van der Waals surface area contributed by atoms with E-state index >= 15 is 0 Å². The first-order valence-electron chi connectivity index (χ1n) is 7.03. The average molecular weight is 293 g/mol. The van der Waals surface area contributed by atoms with Crippen LogP contribution in [0.3, 0.4) is 0 Å². The van der Waals surface area contributed by atoms with E-state index in [1.54, 1.807) is 0 Å². The molecule has 112 valence electrons. The van der Waals surface area contributed by atoms with Crippen molar-refractivity contribution in [2.75, 3.05) is 13.1 Å². The molecule has 2 aliphatic rings. The lowest BCUT2D eigenvalue weighted by Gasteiger charge is -2.15. The number of nitro benzene ring substituents is 1. The van der Waals surface area contributed by atoms with Gasteiger partial charge in [-0.25, -0.2) is 0 Å². The number of amides is 1. The van der Waals surface area contributed by atoms with E-state index in [2.05, 4.69) is 10.2 Å². The van der Waals surface area contributed by atoms with E-state index in [-0.39, 0.29) is 17.5 Å². The monoisotopic (exact) mass is 293 g/mol. The third kappa shape index (κ3) is 3.02. The number of hydrogen-bond donors (Lipinski definition) is 1. The van der Waals surface area contributed by atoms with E-state index in [9.17, 15) is 19.3 Å². The minimum atomic E-state index is -0.933. The predicted octanol–water partition coefficient (Wildman–Crippen LogP) is 1.70. The first kappa shape index (κ1) is 13.9. The van der Waals surface area contributed by atoms with Gasteiger partial charge in [-0.3, -0.25) is 19.8 Å². The normalized spacial score (nSPS) is 22.2. The van der Waals surface area contributed by atoms with Crippen LogP contribution in [0, 0.1) is 15.9 Å². The fourth-order valence-electron chi connectivity index (χ4n) is 2.74. The number of benzene rings is 1. The van der Waals surface area contributed by atoms with E-state index in [1.807, 2.05) is 0 Å². The molecule has 1 atom stereocenters. The molecule has 6 nitrogen and oxygen atoms in total. The van der Waals surface area contributed by atoms with Crippen LogP contribution in [0.25, 0.3) is 0 Å². The highest BCUT2D eigenvalue weighted by Crippen LogP contribution is 2.29. The molecule has 0 radical (unpaired) electrons. The summed E-state index contributed by atoms with van der Waals surface area (Å²) in [6.07, 6.45) is 3.33. The van der Waals surface area contributed by atoms with Crippen LogP contribution >= 0.6 is 0 Å². The molecule has 1 aliphatic heterocycles. The fourth-order valence-corrected chi connectivity index (χ4v) is 2.74. The third-order valence-corrected chi connectivity index (χ3v) is 4.02. The fraction of sp³-hybridized carbons (Fsp3) is 0.500. The molecule has 1 aromatic carbocycles. The molecule has 3 rings (SSSR count). The molecule has 2 fully saturated rings. The van der Waals surface area contributed by atoms with Crippen molar-refractivity contribution in [3.05, 3.63) is 39.7 Å². The van der Waals surface area contributed by atoms with Crippen LogP contribution in [0.2, 0.25) is 0 Å². The standard InChI is InChI=1S/C14H16FN3O3/c15-12-4-1-9(7-13(12)18(20)21)14(19)16-10-5-6-17(8-10)11-2-3-11/h1,4,7,10-11H,2-3,5-6,8H2,(H,16,19). The Balaban J connectivity index is 1.65. The van der Waals surface area contributed by atoms with Crippen molar-refractivity contribution < 1.29 is 14.1 Å². The summed E-state index contributed by atoms with van der Waals surface area (Å²) < 4.78 is 13.3. The lowest BCUT2D eigenvalue weighted by molar-refractivity contribution is -0.387. The van der Waals surface area contributed by atoms with Crippen LogP contribution in [-0.4, -0.2) is 40.9 Å². The van der Waals surface area contributed by atoms with Crippen LogP contribution in [0.1, 0.15) is 29.6 Å². The van der Waals surface area contributed by atoms with Crippen molar-refractivity contribution in [2.24, 2.45) is 0 Å². The molecule has 0 spiro atoms. The molecule has 1 aromatic rings. The molecule has 0 aromatic heterocycles. The van der Waals surface area contributed by atoms with Crippen molar-refractivity contribution in [2.45, 2.75) is 31.3 Å². The maximum atomic E-state index is 13.3. The number of nitrogens with one attached hydrogen (secondary N) is 1. The highest BCUT2D eigenvalue weighted by Gasteiger charge is 2.34. The van der Waals surface area contributed by atoms with E-state index in [0.717, 1.165) is 31.6 Å². The highest BCUT2D eigenvalue weighted by molar-refractivity contribution is 5.95. The average Bonchev–Trinajstić information content (AvgIpc) is 3.19. The maximum Gasteiger partial charge on any atom is 0.305 e. The summed E-state index contributed by atoms with van der Waals surface area (Å²) in [6, 6.07) is 3.93. The Labute approximate surface area is 121 Å². The Bertz CT molecular complexity index is 589. The smallest absolute Gasteiger partial charge is 0.305 e. The van der Waals surface area contributed by atoms with Crippen LogP contribution in [0.5, 0.6) is 0 Å². The zero-order valence-corrected chi connectivity index (χ0v) is 11.4. The molecular formula is C14H16FN3O3. The molecule has 7 heteroatoms. The van der Waals surface area contributed by atoms with Gasteiger partial charge in [-0.2, -0.15) is 4.39 Å². The zero-order valence-electron chi connectivity index (χ0n) is 11.4. The van der Waals surface area contributed by atoms with Gasteiger partial charge in [-0.1, -0.05) is 0 Å². The molecule has 0 bridgehead atoms. The second kappa shape index (κ2) is 5.40. The molecule has 21 heavy (non-hydrogen) atoms. The van der Waals surface area contributed by atoms with Gasteiger partial charge in [0.1, 0.15) is 0 Å². The first-order chi connectivity index (χ1) is 10.0. The number of nitrogens with zero attached hydrogens (tertiary/aromatic N) is 2. The van der Waals surface area contributed by atoms with Crippen LogP contribution < -0.4 is 5.32 Å². The Morgan fingerprint density at radius 1 is 1.38 bits per heavy atom. The van der Waals surface area contributed by atoms with Crippen molar-refractivity contribution in [1.82, 2.24) is 10.2 Å². The van der Waals surface area contributed by atoms with Gasteiger partial charge in [0.2, 0.25) is 5.82 Å². The molecule has 1 N–H and O–H groups in total. The van der Waals surface area contributed by atoms with Gasteiger partial charge < -0.3 is 5.32 Å². The molecule has 1 heterocycles. The summed E-state index contributed by atoms with van der Waals surface area (Å²) in [6.45, 7) is 1.79. The predicted molar refractivity (Wildman–Crippen MR) is 73.5 cm³/mol. The van der Waals surface area contributed by atoms with Crippen LogP contribution in [-0.2, 0) is 0 Å².